The summed E-state index contributed by atoms with van der Waals surface area (Å²) in [6, 6.07) is 12.1. The van der Waals surface area contributed by atoms with Crippen LogP contribution in [0.5, 0.6) is 0 Å². The Labute approximate surface area is 129 Å². The van der Waals surface area contributed by atoms with Crippen LogP contribution in [0.2, 0.25) is 5.02 Å². The predicted molar refractivity (Wildman–Crippen MR) is 86.9 cm³/mol. The number of aryl methyl sites for hydroxylation is 1. The highest BCUT2D eigenvalue weighted by Crippen LogP contribution is 2.33. The molecule has 0 unspecified atom stereocenters. The van der Waals surface area contributed by atoms with E-state index in [0.717, 1.165) is 29.9 Å². The van der Waals surface area contributed by atoms with E-state index in [9.17, 15) is 4.79 Å². The summed E-state index contributed by atoms with van der Waals surface area (Å²) in [5.41, 5.74) is 5.29. The first kappa shape index (κ1) is 14.0. The lowest BCUT2D eigenvalue weighted by atomic mass is 10.1. The molecule has 3 nitrogen and oxygen atoms in total. The molecule has 1 aliphatic rings. The van der Waals surface area contributed by atoms with Crippen molar-refractivity contribution in [1.82, 2.24) is 0 Å². The second kappa shape index (κ2) is 5.78. The molecule has 3 rings (SSSR count). The maximum Gasteiger partial charge on any atom is 0.228 e. The van der Waals surface area contributed by atoms with Crippen molar-refractivity contribution in [2.45, 2.75) is 26.3 Å². The largest absolute Gasteiger partial charge is 0.380 e. The molecular formula is C17H17ClN2O. The normalized spacial score (nSPS) is 13.0. The molecule has 0 saturated carbocycles. The van der Waals surface area contributed by atoms with Crippen LogP contribution in [0.25, 0.3) is 0 Å². The number of hydrogen-bond donors (Lipinski definition) is 2. The maximum absolute atomic E-state index is 11.4. The van der Waals surface area contributed by atoms with Crippen LogP contribution in [0.15, 0.2) is 36.4 Å². The van der Waals surface area contributed by atoms with Crippen molar-refractivity contribution >= 4 is 28.9 Å². The number of benzene rings is 2. The standard InChI is InChI=1S/C17H17ClN2O/c1-2-11-5-3-4-6-12(11)10-19-16-7-13-8-17(21)20-15(13)9-14(16)18/h3-7,9,19H,2,8,10H2,1H3,(H,20,21). The minimum atomic E-state index is 0.0227. The zero-order valence-corrected chi connectivity index (χ0v) is 12.6. The second-order valence-electron chi connectivity index (χ2n) is 5.19. The molecule has 0 bridgehead atoms. The highest BCUT2D eigenvalue weighted by atomic mass is 35.5. The summed E-state index contributed by atoms with van der Waals surface area (Å²) in [6.45, 7) is 2.88. The summed E-state index contributed by atoms with van der Waals surface area (Å²) in [4.78, 5) is 11.4. The summed E-state index contributed by atoms with van der Waals surface area (Å²) >= 11 is 6.28. The Balaban J connectivity index is 1.80. The summed E-state index contributed by atoms with van der Waals surface area (Å²) in [5, 5.41) is 6.81. The first-order chi connectivity index (χ1) is 10.2. The van der Waals surface area contributed by atoms with Gasteiger partial charge in [-0.1, -0.05) is 42.8 Å². The number of amides is 1. The van der Waals surface area contributed by atoms with Gasteiger partial charge in [0.1, 0.15) is 0 Å². The first-order valence-corrected chi connectivity index (χ1v) is 7.48. The molecule has 0 atom stereocenters. The zero-order valence-electron chi connectivity index (χ0n) is 11.9. The average Bonchev–Trinajstić information content (AvgIpc) is 2.84. The van der Waals surface area contributed by atoms with Gasteiger partial charge in [-0.25, -0.2) is 0 Å². The molecule has 1 heterocycles. The first-order valence-electron chi connectivity index (χ1n) is 7.10. The van der Waals surface area contributed by atoms with Crippen LogP contribution in [-0.2, 0) is 24.2 Å². The number of anilines is 2. The van der Waals surface area contributed by atoms with Crippen LogP contribution in [0.4, 0.5) is 11.4 Å². The molecule has 0 fully saturated rings. The van der Waals surface area contributed by atoms with Crippen molar-refractivity contribution in [2.24, 2.45) is 0 Å². The van der Waals surface area contributed by atoms with Crippen molar-refractivity contribution in [2.75, 3.05) is 10.6 Å². The lowest BCUT2D eigenvalue weighted by molar-refractivity contribution is -0.115. The molecule has 2 N–H and O–H groups in total. The van der Waals surface area contributed by atoms with Gasteiger partial charge < -0.3 is 10.6 Å². The highest BCUT2D eigenvalue weighted by molar-refractivity contribution is 6.33. The summed E-state index contributed by atoms with van der Waals surface area (Å²) in [5.74, 6) is 0.0227. The van der Waals surface area contributed by atoms with Crippen LogP contribution in [-0.4, -0.2) is 5.91 Å². The second-order valence-corrected chi connectivity index (χ2v) is 5.60. The lowest BCUT2D eigenvalue weighted by Gasteiger charge is -2.13. The van der Waals surface area contributed by atoms with Gasteiger partial charge in [0.05, 0.1) is 17.1 Å². The molecule has 2 aromatic rings. The van der Waals surface area contributed by atoms with E-state index < -0.39 is 0 Å². The van der Waals surface area contributed by atoms with Crippen molar-refractivity contribution < 1.29 is 4.79 Å². The molecule has 1 amide bonds. The Kier molecular flexibility index (Phi) is 3.84. The van der Waals surface area contributed by atoms with E-state index >= 15 is 0 Å². The summed E-state index contributed by atoms with van der Waals surface area (Å²) < 4.78 is 0. The van der Waals surface area contributed by atoms with E-state index in [1.165, 1.54) is 11.1 Å². The van der Waals surface area contributed by atoms with E-state index in [1.807, 2.05) is 18.2 Å². The van der Waals surface area contributed by atoms with Gasteiger partial charge in [-0.3, -0.25) is 4.79 Å². The van der Waals surface area contributed by atoms with Crippen LogP contribution in [0.3, 0.4) is 0 Å². The van der Waals surface area contributed by atoms with Gasteiger partial charge in [0.25, 0.3) is 0 Å². The molecule has 0 spiro atoms. The van der Waals surface area contributed by atoms with Crippen LogP contribution in [0, 0.1) is 0 Å². The topological polar surface area (TPSA) is 41.1 Å². The maximum atomic E-state index is 11.4. The fourth-order valence-corrected chi connectivity index (χ4v) is 2.88. The molecule has 2 aromatic carbocycles. The fourth-order valence-electron chi connectivity index (χ4n) is 2.65. The van der Waals surface area contributed by atoms with Gasteiger partial charge in [-0.2, -0.15) is 0 Å². The summed E-state index contributed by atoms with van der Waals surface area (Å²) in [7, 11) is 0. The Morgan fingerprint density at radius 1 is 1.24 bits per heavy atom. The molecule has 0 saturated heterocycles. The number of nitrogens with one attached hydrogen (secondary N) is 2. The number of hydrogen-bond acceptors (Lipinski definition) is 2. The Morgan fingerprint density at radius 2 is 2.00 bits per heavy atom. The SMILES string of the molecule is CCc1ccccc1CNc1cc2c(cc1Cl)NC(=O)C2. The smallest absolute Gasteiger partial charge is 0.228 e. The fraction of sp³-hybridized carbons (Fsp3) is 0.235. The average molecular weight is 301 g/mol. The van der Waals surface area contributed by atoms with Crippen LogP contribution >= 0.6 is 11.6 Å². The molecule has 0 aliphatic carbocycles. The monoisotopic (exact) mass is 300 g/mol. The molecule has 21 heavy (non-hydrogen) atoms. The van der Waals surface area contributed by atoms with Gasteiger partial charge in [-0.05, 0) is 35.2 Å². The number of halogens is 1. The number of carbonyl (C=O) groups is 1. The van der Waals surface area contributed by atoms with Crippen molar-refractivity contribution in [3.8, 4) is 0 Å². The van der Waals surface area contributed by atoms with Gasteiger partial charge in [0.15, 0.2) is 0 Å². The lowest BCUT2D eigenvalue weighted by Crippen LogP contribution is -2.03. The highest BCUT2D eigenvalue weighted by Gasteiger charge is 2.19. The van der Waals surface area contributed by atoms with E-state index in [0.29, 0.717) is 11.4 Å². The van der Waals surface area contributed by atoms with Gasteiger partial charge in [0, 0.05) is 12.2 Å². The molecule has 0 aromatic heterocycles. The number of fused-ring (bicyclic) bond motifs is 1. The van der Waals surface area contributed by atoms with E-state index in [2.05, 4.69) is 35.8 Å². The van der Waals surface area contributed by atoms with Gasteiger partial charge >= 0.3 is 0 Å². The van der Waals surface area contributed by atoms with Gasteiger partial charge in [0.2, 0.25) is 5.91 Å². The minimum Gasteiger partial charge on any atom is -0.380 e. The Morgan fingerprint density at radius 3 is 2.76 bits per heavy atom. The Hall–Kier alpha value is -2.00. The van der Waals surface area contributed by atoms with Crippen LogP contribution < -0.4 is 10.6 Å². The molecule has 108 valence electrons. The Bertz CT molecular complexity index is 697. The third-order valence-electron chi connectivity index (χ3n) is 3.79. The predicted octanol–water partition coefficient (Wildman–Crippen LogP) is 4.01. The molecule has 0 radical (unpaired) electrons. The zero-order chi connectivity index (χ0) is 14.8. The van der Waals surface area contributed by atoms with Gasteiger partial charge in [-0.15, -0.1) is 0 Å². The number of rotatable bonds is 4. The molecule has 4 heteroatoms. The molecule has 1 aliphatic heterocycles. The third kappa shape index (κ3) is 2.88. The van der Waals surface area contributed by atoms with Crippen LogP contribution in [0.1, 0.15) is 23.6 Å². The van der Waals surface area contributed by atoms with Crippen molar-refractivity contribution in [3.63, 3.8) is 0 Å². The van der Waals surface area contributed by atoms with E-state index in [1.54, 1.807) is 0 Å². The summed E-state index contributed by atoms with van der Waals surface area (Å²) in [6.07, 6.45) is 1.43. The minimum absolute atomic E-state index is 0.0227. The van der Waals surface area contributed by atoms with Crippen molar-refractivity contribution in [3.05, 3.63) is 58.1 Å². The molecular weight excluding hydrogens is 284 g/mol. The third-order valence-corrected chi connectivity index (χ3v) is 4.10. The van der Waals surface area contributed by atoms with E-state index in [4.69, 9.17) is 11.6 Å². The van der Waals surface area contributed by atoms with Crippen molar-refractivity contribution in [1.29, 1.82) is 0 Å². The number of carbonyl (C=O) groups excluding carboxylic acids is 1. The quantitative estimate of drug-likeness (QED) is 0.896. The van der Waals surface area contributed by atoms with E-state index in [-0.39, 0.29) is 5.91 Å².